The number of nitrogens with one attached hydrogen (secondary N) is 1. The Morgan fingerprint density at radius 3 is 2.28 bits per heavy atom. The molecule has 0 spiro atoms. The van der Waals surface area contributed by atoms with Gasteiger partial charge in [0.25, 0.3) is 0 Å². The fourth-order valence-electron chi connectivity index (χ4n) is 1.93. The second kappa shape index (κ2) is 6.38. The van der Waals surface area contributed by atoms with Gasteiger partial charge in [-0.05, 0) is 24.0 Å². The Balaban J connectivity index is 2.96. The first-order valence-corrected chi connectivity index (χ1v) is 6.45. The van der Waals surface area contributed by atoms with Crippen molar-refractivity contribution in [3.8, 4) is 0 Å². The number of rotatable bonds is 6. The summed E-state index contributed by atoms with van der Waals surface area (Å²) in [5, 5.41) is 7.45. The number of nitrogen functional groups attached to an aromatic ring is 1. The monoisotopic (exact) mass is 248 g/mol. The molecule has 0 unspecified atom stereocenters. The van der Waals surface area contributed by atoms with Gasteiger partial charge in [-0.25, -0.2) is 0 Å². The van der Waals surface area contributed by atoms with Gasteiger partial charge in [0.2, 0.25) is 0 Å². The van der Waals surface area contributed by atoms with E-state index in [0.29, 0.717) is 17.5 Å². The van der Waals surface area contributed by atoms with Crippen molar-refractivity contribution < 1.29 is 0 Å². The van der Waals surface area contributed by atoms with Crippen molar-refractivity contribution in [2.75, 3.05) is 18.0 Å². The average molecular weight is 248 g/mol. The largest absolute Gasteiger partial charge is 0.382 e. The molecule has 1 aromatic heterocycles. The highest BCUT2D eigenvalue weighted by atomic mass is 15.1. The third-order valence-corrected chi connectivity index (χ3v) is 2.56. The number of anilines is 1. The highest BCUT2D eigenvalue weighted by Crippen LogP contribution is 2.17. The van der Waals surface area contributed by atoms with Crippen molar-refractivity contribution in [1.29, 1.82) is 5.41 Å². The molecule has 0 atom stereocenters. The predicted molar refractivity (Wildman–Crippen MR) is 77.1 cm³/mol. The molecule has 0 aromatic carbocycles. The first-order chi connectivity index (χ1) is 8.40. The first-order valence-electron chi connectivity index (χ1n) is 6.45. The summed E-state index contributed by atoms with van der Waals surface area (Å²) < 4.78 is 0. The quantitative estimate of drug-likeness (QED) is 0.600. The summed E-state index contributed by atoms with van der Waals surface area (Å²) in [6.45, 7) is 10.8. The van der Waals surface area contributed by atoms with Crippen molar-refractivity contribution in [2.45, 2.75) is 27.7 Å². The average Bonchev–Trinajstić information content (AvgIpc) is 2.27. The van der Waals surface area contributed by atoms with Crippen LogP contribution in [0.2, 0.25) is 0 Å². The molecule has 0 aliphatic carbocycles. The van der Waals surface area contributed by atoms with Crippen LogP contribution in [-0.2, 0) is 0 Å². The summed E-state index contributed by atoms with van der Waals surface area (Å²) in [5.41, 5.74) is 7.13. The summed E-state index contributed by atoms with van der Waals surface area (Å²) in [4.78, 5) is 6.44. The van der Waals surface area contributed by atoms with E-state index in [1.54, 1.807) is 6.20 Å². The van der Waals surface area contributed by atoms with Crippen LogP contribution >= 0.6 is 0 Å². The van der Waals surface area contributed by atoms with Gasteiger partial charge in [-0.3, -0.25) is 10.4 Å². The van der Waals surface area contributed by atoms with Gasteiger partial charge in [-0.2, -0.15) is 0 Å². The van der Waals surface area contributed by atoms with Crippen LogP contribution in [-0.4, -0.2) is 23.9 Å². The maximum Gasteiger partial charge on any atom is 0.141 e. The number of pyridine rings is 1. The summed E-state index contributed by atoms with van der Waals surface area (Å²) >= 11 is 0. The van der Waals surface area contributed by atoms with Crippen molar-refractivity contribution in [3.05, 3.63) is 24.0 Å². The fraction of sp³-hybridized carbons (Fsp3) is 0.571. The molecule has 0 saturated carbocycles. The lowest BCUT2D eigenvalue weighted by atomic mass is 10.1. The van der Waals surface area contributed by atoms with Crippen LogP contribution in [0.5, 0.6) is 0 Å². The zero-order valence-electron chi connectivity index (χ0n) is 11.8. The minimum absolute atomic E-state index is 0.0193. The number of hydrogen-bond donors (Lipinski definition) is 2. The Morgan fingerprint density at radius 2 is 1.83 bits per heavy atom. The third kappa shape index (κ3) is 4.35. The normalized spacial score (nSPS) is 11.0. The number of aromatic nitrogens is 1. The van der Waals surface area contributed by atoms with Gasteiger partial charge in [-0.15, -0.1) is 0 Å². The van der Waals surface area contributed by atoms with E-state index in [-0.39, 0.29) is 5.84 Å². The van der Waals surface area contributed by atoms with Crippen molar-refractivity contribution in [1.82, 2.24) is 4.98 Å². The lowest BCUT2D eigenvalue weighted by Gasteiger charge is -2.28. The van der Waals surface area contributed by atoms with E-state index < -0.39 is 0 Å². The van der Waals surface area contributed by atoms with Gasteiger partial charge < -0.3 is 10.6 Å². The molecule has 0 fully saturated rings. The number of nitrogens with two attached hydrogens (primary N) is 1. The molecule has 0 amide bonds. The molecule has 0 radical (unpaired) electrons. The van der Waals surface area contributed by atoms with Crippen LogP contribution in [0, 0.1) is 17.2 Å². The smallest absolute Gasteiger partial charge is 0.141 e. The van der Waals surface area contributed by atoms with Gasteiger partial charge in [0.15, 0.2) is 0 Å². The van der Waals surface area contributed by atoms with E-state index in [2.05, 4.69) is 37.6 Å². The highest BCUT2D eigenvalue weighted by molar-refractivity contribution is 5.93. The Kier molecular flexibility index (Phi) is 5.13. The van der Waals surface area contributed by atoms with Crippen LogP contribution in [0.25, 0.3) is 0 Å². The van der Waals surface area contributed by atoms with E-state index in [1.807, 2.05) is 12.1 Å². The van der Waals surface area contributed by atoms with Gasteiger partial charge in [0.05, 0.1) is 0 Å². The van der Waals surface area contributed by atoms with E-state index >= 15 is 0 Å². The minimum Gasteiger partial charge on any atom is -0.382 e. The minimum atomic E-state index is 0.0193. The number of hydrogen-bond acceptors (Lipinski definition) is 3. The first kappa shape index (κ1) is 14.5. The van der Waals surface area contributed by atoms with Crippen LogP contribution in [0.1, 0.15) is 33.4 Å². The molecule has 1 aromatic rings. The van der Waals surface area contributed by atoms with Gasteiger partial charge in [-0.1, -0.05) is 27.7 Å². The Labute approximate surface area is 110 Å². The molecule has 1 rings (SSSR count). The molecule has 3 N–H and O–H groups in total. The van der Waals surface area contributed by atoms with Crippen LogP contribution < -0.4 is 10.6 Å². The Morgan fingerprint density at radius 1 is 1.28 bits per heavy atom. The summed E-state index contributed by atoms with van der Waals surface area (Å²) in [6.07, 6.45) is 1.72. The SMILES string of the molecule is CC(C)CN(CC(C)C)c1ccnc(C(=N)N)c1. The van der Waals surface area contributed by atoms with Crippen molar-refractivity contribution in [3.63, 3.8) is 0 Å². The van der Waals surface area contributed by atoms with Crippen LogP contribution in [0.4, 0.5) is 5.69 Å². The molecule has 0 bridgehead atoms. The van der Waals surface area contributed by atoms with E-state index in [0.717, 1.165) is 18.8 Å². The van der Waals surface area contributed by atoms with Gasteiger partial charge in [0, 0.05) is 25.0 Å². The molecule has 100 valence electrons. The maximum absolute atomic E-state index is 7.45. The maximum atomic E-state index is 7.45. The Hall–Kier alpha value is -1.58. The van der Waals surface area contributed by atoms with E-state index in [9.17, 15) is 0 Å². The predicted octanol–water partition coefficient (Wildman–Crippen LogP) is 2.48. The fourth-order valence-corrected chi connectivity index (χ4v) is 1.93. The highest BCUT2D eigenvalue weighted by Gasteiger charge is 2.11. The summed E-state index contributed by atoms with van der Waals surface area (Å²) in [5.74, 6) is 1.21. The van der Waals surface area contributed by atoms with E-state index in [4.69, 9.17) is 11.1 Å². The Bertz CT molecular complexity index is 389. The zero-order chi connectivity index (χ0) is 13.7. The van der Waals surface area contributed by atoms with E-state index in [1.165, 1.54) is 0 Å². The van der Waals surface area contributed by atoms with Crippen LogP contribution in [0.3, 0.4) is 0 Å². The number of nitrogens with zero attached hydrogens (tertiary/aromatic N) is 2. The molecule has 1 heterocycles. The topological polar surface area (TPSA) is 66.0 Å². The lowest BCUT2D eigenvalue weighted by molar-refractivity contribution is 0.552. The molecule has 18 heavy (non-hydrogen) atoms. The van der Waals surface area contributed by atoms with Crippen molar-refractivity contribution >= 4 is 11.5 Å². The zero-order valence-corrected chi connectivity index (χ0v) is 11.8. The molecule has 0 saturated heterocycles. The summed E-state index contributed by atoms with van der Waals surface area (Å²) in [6, 6.07) is 3.88. The third-order valence-electron chi connectivity index (χ3n) is 2.56. The molecule has 4 nitrogen and oxygen atoms in total. The molecule has 0 aliphatic rings. The van der Waals surface area contributed by atoms with Crippen LogP contribution in [0.15, 0.2) is 18.3 Å². The summed E-state index contributed by atoms with van der Waals surface area (Å²) in [7, 11) is 0. The lowest BCUT2D eigenvalue weighted by Crippen LogP contribution is -2.31. The molecule has 0 aliphatic heterocycles. The second-order valence-electron chi connectivity index (χ2n) is 5.51. The molecular formula is C14H24N4. The second-order valence-corrected chi connectivity index (χ2v) is 5.51. The molecule has 4 heteroatoms. The number of amidine groups is 1. The molecular weight excluding hydrogens is 224 g/mol. The van der Waals surface area contributed by atoms with Gasteiger partial charge >= 0.3 is 0 Å². The van der Waals surface area contributed by atoms with Crippen molar-refractivity contribution in [2.24, 2.45) is 17.6 Å². The van der Waals surface area contributed by atoms with Gasteiger partial charge in [0.1, 0.15) is 11.5 Å². The standard InChI is InChI=1S/C14H24N4/c1-10(2)8-18(9-11(3)4)12-5-6-17-13(7-12)14(15)16/h5-7,10-11H,8-9H2,1-4H3,(H3,15,16).